The van der Waals surface area contributed by atoms with Crippen molar-refractivity contribution in [1.29, 1.82) is 0 Å². The summed E-state index contributed by atoms with van der Waals surface area (Å²) < 4.78 is 1.90. The van der Waals surface area contributed by atoms with Crippen LogP contribution in [0.2, 0.25) is 0 Å². The Hall–Kier alpha value is -3.12. The van der Waals surface area contributed by atoms with Gasteiger partial charge in [-0.3, -0.25) is 4.79 Å². The van der Waals surface area contributed by atoms with Crippen molar-refractivity contribution >= 4 is 11.8 Å². The van der Waals surface area contributed by atoms with E-state index in [1.165, 1.54) is 11.8 Å². The summed E-state index contributed by atoms with van der Waals surface area (Å²) in [5, 5.41) is 5.48. The number of benzene rings is 2. The molecular weight excluding hydrogens is 380 g/mol. The van der Waals surface area contributed by atoms with Gasteiger partial charge in [-0.05, 0) is 18.6 Å². The maximum absolute atomic E-state index is 11.9. The molecule has 0 fully saturated rings. The molecule has 146 valence electrons. The Kier molecular flexibility index (Phi) is 5.91. The number of hydrogen-bond donors (Lipinski definition) is 1. The summed E-state index contributed by atoms with van der Waals surface area (Å²) >= 11 is 1.53. The van der Waals surface area contributed by atoms with E-state index in [1.807, 2.05) is 53.2 Å². The molecule has 0 atom stereocenters. The number of nitrogens with one attached hydrogen (secondary N) is 1. The predicted octanol–water partition coefficient (Wildman–Crippen LogP) is 4.87. The van der Waals surface area contributed by atoms with Crippen molar-refractivity contribution in [2.45, 2.75) is 30.7 Å². The highest BCUT2D eigenvalue weighted by Crippen LogP contribution is 2.28. The van der Waals surface area contributed by atoms with Crippen LogP contribution in [0.4, 0.5) is 0 Å². The van der Waals surface area contributed by atoms with Crippen molar-refractivity contribution in [2.24, 2.45) is 0 Å². The molecule has 5 nitrogen and oxygen atoms in total. The van der Waals surface area contributed by atoms with E-state index in [0.717, 1.165) is 41.0 Å². The Morgan fingerprint density at radius 1 is 1.03 bits per heavy atom. The Labute approximate surface area is 173 Å². The van der Waals surface area contributed by atoms with Crippen molar-refractivity contribution in [3.63, 3.8) is 0 Å². The van der Waals surface area contributed by atoms with E-state index in [0.29, 0.717) is 10.9 Å². The van der Waals surface area contributed by atoms with Crippen molar-refractivity contribution < 1.29 is 0 Å². The lowest BCUT2D eigenvalue weighted by Crippen LogP contribution is -2.09. The van der Waals surface area contributed by atoms with Gasteiger partial charge >= 0.3 is 0 Å². The van der Waals surface area contributed by atoms with Crippen LogP contribution in [-0.4, -0.2) is 19.7 Å². The first-order valence-electron chi connectivity index (χ1n) is 9.65. The van der Waals surface area contributed by atoms with Gasteiger partial charge in [0.15, 0.2) is 5.16 Å². The second-order valence-corrected chi connectivity index (χ2v) is 7.69. The van der Waals surface area contributed by atoms with Crippen LogP contribution in [0, 0.1) is 0 Å². The lowest BCUT2D eigenvalue weighted by molar-refractivity contribution is 0.816. The second-order valence-electron chi connectivity index (χ2n) is 6.73. The number of aryl methyl sites for hydroxylation is 1. The highest BCUT2D eigenvalue weighted by Gasteiger charge is 2.13. The summed E-state index contributed by atoms with van der Waals surface area (Å²) in [7, 11) is 0. The molecule has 4 rings (SSSR count). The van der Waals surface area contributed by atoms with Gasteiger partial charge in [0.25, 0.3) is 5.56 Å². The summed E-state index contributed by atoms with van der Waals surface area (Å²) in [6, 6.07) is 21.8. The summed E-state index contributed by atoms with van der Waals surface area (Å²) in [4.78, 5) is 19.4. The molecule has 2 heterocycles. The average molecular weight is 403 g/mol. The quantitative estimate of drug-likeness (QED) is 0.354. The fraction of sp³-hybridized carbons (Fsp3) is 0.174. The first kappa shape index (κ1) is 19.2. The summed E-state index contributed by atoms with van der Waals surface area (Å²) in [5.41, 5.74) is 4.84. The first-order chi connectivity index (χ1) is 14.2. The number of hydrogen-bond acceptors (Lipinski definition) is 4. The Morgan fingerprint density at radius 3 is 2.48 bits per heavy atom. The SMILES string of the molecule is CCCc1cc(=O)[nH]c(SCc2cn(-c3ccccc3)nc2-c2ccccc2)n1. The van der Waals surface area contributed by atoms with E-state index in [2.05, 4.69) is 35.2 Å². The molecule has 0 aliphatic carbocycles. The topological polar surface area (TPSA) is 63.6 Å². The van der Waals surface area contributed by atoms with Crippen LogP contribution in [0.15, 0.2) is 82.9 Å². The molecule has 4 aromatic rings. The van der Waals surface area contributed by atoms with Gasteiger partial charge in [0, 0.05) is 34.8 Å². The maximum atomic E-state index is 11.9. The van der Waals surface area contributed by atoms with Gasteiger partial charge < -0.3 is 4.98 Å². The minimum atomic E-state index is -0.103. The molecule has 0 bridgehead atoms. The number of rotatable bonds is 7. The van der Waals surface area contributed by atoms with E-state index in [-0.39, 0.29) is 5.56 Å². The van der Waals surface area contributed by atoms with Crippen molar-refractivity contribution in [1.82, 2.24) is 19.7 Å². The fourth-order valence-corrected chi connectivity index (χ4v) is 4.01. The molecule has 0 spiro atoms. The van der Waals surface area contributed by atoms with Gasteiger partial charge in [-0.1, -0.05) is 73.6 Å². The molecule has 0 radical (unpaired) electrons. The van der Waals surface area contributed by atoms with E-state index in [1.54, 1.807) is 6.07 Å². The summed E-state index contributed by atoms with van der Waals surface area (Å²) in [6.07, 6.45) is 3.82. The molecule has 0 saturated carbocycles. The molecule has 0 aliphatic rings. The first-order valence-corrected chi connectivity index (χ1v) is 10.6. The number of para-hydroxylation sites is 1. The van der Waals surface area contributed by atoms with Crippen molar-refractivity contribution in [3.05, 3.63) is 94.5 Å². The van der Waals surface area contributed by atoms with Gasteiger partial charge in [-0.25, -0.2) is 9.67 Å². The summed E-state index contributed by atoms with van der Waals surface area (Å²) in [5.74, 6) is 0.662. The third kappa shape index (κ3) is 4.66. The molecule has 1 N–H and O–H groups in total. The predicted molar refractivity (Wildman–Crippen MR) is 117 cm³/mol. The number of H-pyrrole nitrogens is 1. The smallest absolute Gasteiger partial charge is 0.251 e. The number of thioether (sulfide) groups is 1. The standard InChI is InChI=1S/C23H22N4OS/c1-2-9-19-14-21(28)25-23(24-19)29-16-18-15-27(20-12-7-4-8-13-20)26-22(18)17-10-5-3-6-11-17/h3-8,10-15H,2,9,16H2,1H3,(H,24,25,28). The molecule has 0 aliphatic heterocycles. The van der Waals surface area contributed by atoms with Crippen LogP contribution in [-0.2, 0) is 12.2 Å². The van der Waals surface area contributed by atoms with Crippen molar-refractivity contribution in [2.75, 3.05) is 0 Å². The van der Waals surface area contributed by atoms with Gasteiger partial charge in [-0.15, -0.1) is 0 Å². The van der Waals surface area contributed by atoms with Crippen LogP contribution >= 0.6 is 11.8 Å². The zero-order valence-electron chi connectivity index (χ0n) is 16.2. The molecule has 0 saturated heterocycles. The van der Waals surface area contributed by atoms with Crippen LogP contribution in [0.5, 0.6) is 0 Å². The van der Waals surface area contributed by atoms with E-state index in [4.69, 9.17) is 5.10 Å². The van der Waals surface area contributed by atoms with Gasteiger partial charge in [0.05, 0.1) is 11.4 Å². The largest absolute Gasteiger partial charge is 0.301 e. The molecule has 2 aromatic heterocycles. The van der Waals surface area contributed by atoms with E-state index in [9.17, 15) is 4.79 Å². The molecule has 29 heavy (non-hydrogen) atoms. The van der Waals surface area contributed by atoms with Gasteiger partial charge in [0.2, 0.25) is 0 Å². The fourth-order valence-electron chi connectivity index (χ4n) is 3.15. The zero-order chi connectivity index (χ0) is 20.1. The van der Waals surface area contributed by atoms with Gasteiger partial charge in [0.1, 0.15) is 0 Å². The molecule has 0 amide bonds. The number of aromatic nitrogens is 4. The molecular formula is C23H22N4OS. The molecule has 0 unspecified atom stereocenters. The normalized spacial score (nSPS) is 10.9. The highest BCUT2D eigenvalue weighted by atomic mass is 32.2. The Balaban J connectivity index is 1.66. The van der Waals surface area contributed by atoms with Crippen LogP contribution in [0.25, 0.3) is 16.9 Å². The highest BCUT2D eigenvalue weighted by molar-refractivity contribution is 7.98. The lowest BCUT2D eigenvalue weighted by atomic mass is 10.1. The Morgan fingerprint density at radius 2 is 1.76 bits per heavy atom. The lowest BCUT2D eigenvalue weighted by Gasteiger charge is -2.04. The van der Waals surface area contributed by atoms with Crippen LogP contribution in [0.3, 0.4) is 0 Å². The minimum absolute atomic E-state index is 0.103. The maximum Gasteiger partial charge on any atom is 0.251 e. The average Bonchev–Trinajstić information content (AvgIpc) is 3.18. The van der Waals surface area contributed by atoms with Crippen LogP contribution in [0.1, 0.15) is 24.6 Å². The van der Waals surface area contributed by atoms with E-state index >= 15 is 0 Å². The third-order valence-corrected chi connectivity index (χ3v) is 5.42. The Bertz CT molecular complexity index is 1140. The summed E-state index contributed by atoms with van der Waals surface area (Å²) in [6.45, 7) is 2.08. The van der Waals surface area contributed by atoms with E-state index < -0.39 is 0 Å². The number of aromatic amines is 1. The van der Waals surface area contributed by atoms with Crippen molar-refractivity contribution in [3.8, 4) is 16.9 Å². The minimum Gasteiger partial charge on any atom is -0.301 e. The van der Waals surface area contributed by atoms with Crippen LogP contribution < -0.4 is 5.56 Å². The number of nitrogens with zero attached hydrogens (tertiary/aromatic N) is 3. The molecule has 2 aromatic carbocycles. The van der Waals surface area contributed by atoms with Gasteiger partial charge in [-0.2, -0.15) is 5.10 Å². The third-order valence-electron chi connectivity index (χ3n) is 4.50. The molecule has 6 heteroatoms. The second kappa shape index (κ2) is 8.92. The zero-order valence-corrected chi connectivity index (χ0v) is 17.0. The monoisotopic (exact) mass is 402 g/mol.